The monoisotopic (exact) mass is 563 g/mol. The van der Waals surface area contributed by atoms with E-state index in [9.17, 15) is 16.8 Å². The van der Waals surface area contributed by atoms with Crippen LogP contribution >= 0.6 is 0 Å². The van der Waals surface area contributed by atoms with Gasteiger partial charge in [0.1, 0.15) is 17.5 Å². The Morgan fingerprint density at radius 1 is 0.921 bits per heavy atom. The molecule has 204 valence electrons. The molecule has 0 amide bonds. The van der Waals surface area contributed by atoms with Gasteiger partial charge in [-0.2, -0.15) is 9.40 Å². The highest BCUT2D eigenvalue weighted by Crippen LogP contribution is 2.25. The van der Waals surface area contributed by atoms with E-state index in [0.29, 0.717) is 62.5 Å². The normalized spacial score (nSPS) is 17.4. The second-order valence-corrected chi connectivity index (χ2v) is 12.8. The third kappa shape index (κ3) is 5.96. The highest BCUT2D eigenvalue weighted by Gasteiger charge is 2.27. The largest absolute Gasteiger partial charge is 0.379 e. The van der Waals surface area contributed by atoms with Gasteiger partial charge >= 0.3 is 0 Å². The summed E-state index contributed by atoms with van der Waals surface area (Å²) in [5.41, 5.74) is 1.19. The lowest BCUT2D eigenvalue weighted by molar-refractivity contribution is 0.0730. The minimum atomic E-state index is -3.98. The summed E-state index contributed by atoms with van der Waals surface area (Å²) in [5, 5.41) is 9.64. The van der Waals surface area contributed by atoms with Crippen molar-refractivity contribution in [3.8, 4) is 0 Å². The van der Waals surface area contributed by atoms with Gasteiger partial charge in [0.25, 0.3) is 5.16 Å². The average Bonchev–Trinajstić information content (AvgIpc) is 3.33. The molecular formula is C23H29N7O6S2. The van der Waals surface area contributed by atoms with Gasteiger partial charge in [-0.1, -0.05) is 12.1 Å². The molecule has 0 aliphatic carbocycles. The highest BCUT2D eigenvalue weighted by molar-refractivity contribution is 7.90. The van der Waals surface area contributed by atoms with Crippen molar-refractivity contribution >= 4 is 37.3 Å². The minimum Gasteiger partial charge on any atom is -0.379 e. The summed E-state index contributed by atoms with van der Waals surface area (Å²) in [4.78, 5) is 10.7. The number of ether oxygens (including phenoxy) is 2. The van der Waals surface area contributed by atoms with Gasteiger partial charge in [-0.15, -0.1) is 0 Å². The molecule has 2 aliphatic heterocycles. The Morgan fingerprint density at radius 2 is 1.58 bits per heavy atom. The number of H-pyrrole nitrogens is 1. The summed E-state index contributed by atoms with van der Waals surface area (Å²) >= 11 is 0. The maximum absolute atomic E-state index is 13.4. The molecule has 38 heavy (non-hydrogen) atoms. The van der Waals surface area contributed by atoms with E-state index in [1.54, 1.807) is 12.1 Å². The first kappa shape index (κ1) is 26.5. The van der Waals surface area contributed by atoms with Crippen molar-refractivity contribution in [1.29, 1.82) is 0 Å². The number of sulfone groups is 1. The summed E-state index contributed by atoms with van der Waals surface area (Å²) < 4.78 is 64.6. The number of anilines is 3. The van der Waals surface area contributed by atoms with Crippen LogP contribution in [0.5, 0.6) is 0 Å². The number of aromatic amines is 1. The van der Waals surface area contributed by atoms with Crippen molar-refractivity contribution in [3.63, 3.8) is 0 Å². The Balaban J connectivity index is 1.40. The second kappa shape index (κ2) is 10.9. The van der Waals surface area contributed by atoms with Crippen molar-refractivity contribution in [2.24, 2.45) is 0 Å². The molecule has 1 aromatic carbocycles. The lowest BCUT2D eigenvalue weighted by Gasteiger charge is -2.28. The predicted molar refractivity (Wildman–Crippen MR) is 139 cm³/mol. The summed E-state index contributed by atoms with van der Waals surface area (Å²) in [6.07, 6.45) is 0. The van der Waals surface area contributed by atoms with Crippen LogP contribution in [0.15, 0.2) is 46.5 Å². The average molecular weight is 564 g/mol. The van der Waals surface area contributed by atoms with Gasteiger partial charge in [0.2, 0.25) is 19.9 Å². The predicted octanol–water partition coefficient (Wildman–Crippen LogP) is 1.08. The first-order chi connectivity index (χ1) is 18.2. The van der Waals surface area contributed by atoms with Crippen molar-refractivity contribution in [2.45, 2.75) is 22.7 Å². The molecule has 2 aliphatic rings. The highest BCUT2D eigenvalue weighted by atomic mass is 32.2. The molecule has 3 aromatic rings. The molecule has 2 N–H and O–H groups in total. The summed E-state index contributed by atoms with van der Waals surface area (Å²) in [7, 11) is -7.65. The van der Waals surface area contributed by atoms with E-state index >= 15 is 0 Å². The molecule has 0 spiro atoms. The van der Waals surface area contributed by atoms with Crippen molar-refractivity contribution in [2.75, 3.05) is 62.8 Å². The summed E-state index contributed by atoms with van der Waals surface area (Å²) in [6, 6.07) is 9.32. The number of rotatable bonds is 8. The molecule has 13 nitrogen and oxygen atoms in total. The van der Waals surface area contributed by atoms with Gasteiger partial charge in [-0.25, -0.2) is 26.8 Å². The molecule has 2 saturated heterocycles. The topological polar surface area (TPSA) is 160 Å². The van der Waals surface area contributed by atoms with Crippen LogP contribution in [0, 0.1) is 6.92 Å². The van der Waals surface area contributed by atoms with Gasteiger partial charge in [-0.3, -0.25) is 5.10 Å². The third-order valence-corrected chi connectivity index (χ3v) is 9.53. The number of nitrogens with zero attached hydrogens (tertiary/aromatic N) is 5. The van der Waals surface area contributed by atoms with Crippen LogP contribution in [0.3, 0.4) is 0 Å². The van der Waals surface area contributed by atoms with Gasteiger partial charge in [0, 0.05) is 38.3 Å². The van der Waals surface area contributed by atoms with E-state index in [0.717, 1.165) is 5.69 Å². The lowest BCUT2D eigenvalue weighted by Crippen LogP contribution is -2.40. The quantitative estimate of drug-likeness (QED) is 0.378. The smallest absolute Gasteiger partial charge is 0.251 e. The van der Waals surface area contributed by atoms with E-state index in [-0.39, 0.29) is 28.9 Å². The molecule has 5 rings (SSSR count). The Morgan fingerprint density at radius 3 is 2.21 bits per heavy atom. The van der Waals surface area contributed by atoms with E-state index in [1.807, 2.05) is 11.8 Å². The number of sulfonamides is 1. The van der Waals surface area contributed by atoms with Crippen LogP contribution in [-0.2, 0) is 35.1 Å². The zero-order valence-electron chi connectivity index (χ0n) is 20.8. The van der Waals surface area contributed by atoms with E-state index < -0.39 is 19.9 Å². The third-order valence-electron chi connectivity index (χ3n) is 6.16. The first-order valence-corrected chi connectivity index (χ1v) is 15.2. The number of nitrogens with one attached hydrogen (secondary N) is 2. The zero-order chi connectivity index (χ0) is 26.8. The maximum Gasteiger partial charge on any atom is 0.251 e. The van der Waals surface area contributed by atoms with E-state index in [1.165, 1.54) is 28.6 Å². The van der Waals surface area contributed by atoms with Gasteiger partial charge < -0.3 is 19.7 Å². The Labute approximate surface area is 221 Å². The lowest BCUT2D eigenvalue weighted by atomic mass is 10.2. The zero-order valence-corrected chi connectivity index (χ0v) is 22.5. The van der Waals surface area contributed by atoms with Crippen LogP contribution in [0.4, 0.5) is 17.5 Å². The molecule has 0 bridgehead atoms. The van der Waals surface area contributed by atoms with E-state index in [2.05, 4.69) is 25.5 Å². The fourth-order valence-electron chi connectivity index (χ4n) is 4.17. The summed E-state index contributed by atoms with van der Waals surface area (Å²) in [5.74, 6) is 0.942. The summed E-state index contributed by atoms with van der Waals surface area (Å²) in [6.45, 7) is 5.23. The van der Waals surface area contributed by atoms with E-state index in [4.69, 9.17) is 9.47 Å². The van der Waals surface area contributed by atoms with Crippen molar-refractivity contribution in [1.82, 2.24) is 24.5 Å². The molecule has 2 aromatic heterocycles. The second-order valence-electron chi connectivity index (χ2n) is 8.96. The maximum atomic E-state index is 13.4. The molecule has 0 atom stereocenters. The molecule has 0 radical (unpaired) electrons. The van der Waals surface area contributed by atoms with Crippen LogP contribution in [0.2, 0.25) is 0 Å². The molecule has 0 saturated carbocycles. The number of hydrogen-bond acceptors (Lipinski definition) is 11. The fourth-order valence-corrected chi connectivity index (χ4v) is 6.81. The number of hydrogen-bond donors (Lipinski definition) is 2. The van der Waals surface area contributed by atoms with Crippen molar-refractivity contribution in [3.05, 3.63) is 47.7 Å². The van der Waals surface area contributed by atoms with Crippen LogP contribution < -0.4 is 10.2 Å². The molecule has 15 heteroatoms. The molecule has 2 fully saturated rings. The Bertz CT molecular complexity index is 1480. The number of aromatic nitrogens is 4. The fraction of sp³-hybridized carbons (Fsp3) is 0.435. The van der Waals surface area contributed by atoms with Crippen LogP contribution in [0.25, 0.3) is 0 Å². The van der Waals surface area contributed by atoms with Crippen LogP contribution in [-0.4, -0.2) is 93.9 Å². The molecule has 0 unspecified atom stereocenters. The van der Waals surface area contributed by atoms with Gasteiger partial charge in [-0.05, 0) is 24.6 Å². The van der Waals surface area contributed by atoms with Crippen LogP contribution in [0.1, 0.15) is 11.3 Å². The minimum absolute atomic E-state index is 0.104. The standard InChI is InChI=1S/C23H29N7O6S2/c1-17-14-21(28-27-17)24-20-15-22(29-6-10-35-11-7-29)26-23(25-20)37(31,32)16-18-2-4-19(5-3-18)38(33,34)30-8-12-36-13-9-30/h2-5,14-15H,6-13,16H2,1H3,(H2,24,25,26,27,28). The number of benzene rings is 1. The SMILES string of the molecule is Cc1cc(Nc2cc(N3CCOCC3)nc(S(=O)(=O)Cc3ccc(S(=O)(=O)N4CCOCC4)cc3)n2)[nH]n1. The number of morpholine rings is 2. The Hall–Kier alpha value is -3.11. The molecule has 4 heterocycles. The van der Waals surface area contributed by atoms with Gasteiger partial charge in [0.15, 0.2) is 0 Å². The van der Waals surface area contributed by atoms with Gasteiger partial charge in [0.05, 0.1) is 42.8 Å². The van der Waals surface area contributed by atoms with Crippen molar-refractivity contribution < 1.29 is 26.3 Å². The first-order valence-electron chi connectivity index (χ1n) is 12.1. The molecular weight excluding hydrogens is 534 g/mol. The number of aryl methyl sites for hydroxylation is 1. The Kier molecular flexibility index (Phi) is 7.63.